The summed E-state index contributed by atoms with van der Waals surface area (Å²) in [5.41, 5.74) is 0. The van der Waals surface area contributed by atoms with Crippen molar-refractivity contribution in [3.63, 3.8) is 0 Å². The van der Waals surface area contributed by atoms with Gasteiger partial charge in [-0.15, -0.1) is 0 Å². The summed E-state index contributed by atoms with van der Waals surface area (Å²) in [7, 11) is -11.7. The molecule has 1 unspecified atom stereocenters. The average Bonchev–Trinajstić information content (AvgIpc) is 3.10. The fraction of sp³-hybridized carbons (Fsp3) is 0. The lowest BCUT2D eigenvalue weighted by Crippen LogP contribution is -2.11. The van der Waals surface area contributed by atoms with Crippen molar-refractivity contribution >= 4 is 23.0 Å². The van der Waals surface area contributed by atoms with E-state index in [2.05, 4.69) is 4.98 Å². The molecule has 10 nitrogen and oxygen atoms in total. The molecule has 1 aliphatic rings. The fourth-order valence-electron chi connectivity index (χ4n) is 4.39. The van der Waals surface area contributed by atoms with E-state index in [-0.39, 0.29) is 0 Å². The van der Waals surface area contributed by atoms with Gasteiger partial charge >= 0.3 is 23.0 Å². The van der Waals surface area contributed by atoms with Crippen LogP contribution >= 0.6 is 23.0 Å². The van der Waals surface area contributed by atoms with Gasteiger partial charge in [0, 0.05) is 12.4 Å². The minimum Gasteiger partial charge on any atom is -0.413 e. The average molecular weight is 695 g/mol. The first-order valence-corrected chi connectivity index (χ1v) is 19.4. The molecule has 0 radical (unpaired) electrons. The molecule has 0 saturated heterocycles. The van der Waals surface area contributed by atoms with Crippen LogP contribution < -0.4 is 27.1 Å². The lowest BCUT2D eigenvalue weighted by atomic mass is 10.3. The van der Waals surface area contributed by atoms with Crippen molar-refractivity contribution in [2.24, 2.45) is 13.5 Å². The second-order valence-corrected chi connectivity index (χ2v) is 16.2. The molecule has 0 saturated carbocycles. The lowest BCUT2D eigenvalue weighted by molar-refractivity contribution is 0.443. The standard InChI is InChI=1S/C35H29N4O6P3/c1-6-16-30(17-7-1)40-46(41-31-18-8-2-9-19-31)37-47(42-32-20-10-3-11-21-32,43-33-22-12-4-13-23-33)39-48(38-46,44-34-24-14-5-15-25-34)45-35-26-28-36-29-27-35/h1-29H. The summed E-state index contributed by atoms with van der Waals surface area (Å²) >= 11 is 0. The van der Waals surface area contributed by atoms with E-state index in [1.807, 2.05) is 91.0 Å². The Morgan fingerprint density at radius 2 is 0.479 bits per heavy atom. The summed E-state index contributed by atoms with van der Waals surface area (Å²) in [5.74, 6) is 2.67. The Balaban J connectivity index is 1.55. The Bertz CT molecular complexity index is 1710. The number of aromatic nitrogens is 1. The Labute approximate surface area is 278 Å². The normalized spacial score (nSPS) is 17.2. The molecule has 0 amide bonds. The quantitative estimate of drug-likeness (QED) is 0.117. The molecular weight excluding hydrogens is 665 g/mol. The van der Waals surface area contributed by atoms with Gasteiger partial charge in [0.25, 0.3) is 0 Å². The Hall–Kier alpha value is -5.26. The van der Waals surface area contributed by atoms with Crippen LogP contribution in [0.4, 0.5) is 0 Å². The van der Waals surface area contributed by atoms with E-state index >= 15 is 0 Å². The summed E-state index contributed by atoms with van der Waals surface area (Å²) in [6.45, 7) is 0. The van der Waals surface area contributed by atoms with Gasteiger partial charge < -0.3 is 27.1 Å². The van der Waals surface area contributed by atoms with Crippen molar-refractivity contribution in [2.45, 2.75) is 0 Å². The molecule has 7 rings (SSSR count). The van der Waals surface area contributed by atoms with Crippen molar-refractivity contribution in [2.75, 3.05) is 0 Å². The van der Waals surface area contributed by atoms with Crippen molar-refractivity contribution in [1.29, 1.82) is 0 Å². The first-order valence-electron chi connectivity index (χ1n) is 14.8. The second kappa shape index (κ2) is 14.2. The van der Waals surface area contributed by atoms with Gasteiger partial charge in [-0.25, -0.2) is 0 Å². The van der Waals surface area contributed by atoms with Gasteiger partial charge in [0.1, 0.15) is 34.5 Å². The summed E-state index contributed by atoms with van der Waals surface area (Å²) in [5, 5.41) is 0. The first kappa shape index (κ1) is 31.3. The molecule has 0 aliphatic carbocycles. The molecule has 13 heteroatoms. The molecule has 0 bridgehead atoms. The molecule has 1 aliphatic heterocycles. The van der Waals surface area contributed by atoms with Gasteiger partial charge in [-0.05, 0) is 72.8 Å². The van der Waals surface area contributed by atoms with E-state index in [0.717, 1.165) is 0 Å². The van der Waals surface area contributed by atoms with Crippen LogP contribution in [0.25, 0.3) is 0 Å². The van der Waals surface area contributed by atoms with Gasteiger partial charge in [-0.2, -0.15) is 0 Å². The lowest BCUT2D eigenvalue weighted by Gasteiger charge is -2.33. The van der Waals surface area contributed by atoms with Crippen LogP contribution in [0.3, 0.4) is 0 Å². The Morgan fingerprint density at radius 3 is 0.708 bits per heavy atom. The van der Waals surface area contributed by atoms with Crippen LogP contribution in [0.5, 0.6) is 34.5 Å². The second-order valence-electron chi connectivity index (χ2n) is 10.0. The number of para-hydroxylation sites is 5. The zero-order chi connectivity index (χ0) is 32.5. The summed E-state index contributed by atoms with van der Waals surface area (Å²) in [6, 6.07) is 49.3. The topological polar surface area (TPSA) is 105 Å². The molecule has 2 heterocycles. The molecule has 240 valence electrons. The van der Waals surface area contributed by atoms with Crippen LogP contribution in [0, 0.1) is 0 Å². The molecular formula is C35H29N4O6P3. The predicted molar refractivity (Wildman–Crippen MR) is 188 cm³/mol. The van der Waals surface area contributed by atoms with Crippen LogP contribution in [-0.4, -0.2) is 4.98 Å². The zero-order valence-corrected chi connectivity index (χ0v) is 28.0. The minimum atomic E-state index is -3.90. The smallest absolute Gasteiger partial charge is 0.413 e. The SMILES string of the molecule is c1ccc(OP2(Oc3ccccc3)=NP(Oc3ccccc3)(Oc3ccccc3)=NP(Oc3ccccc3)(Oc3ccncc3)=N2)cc1. The van der Waals surface area contributed by atoms with Crippen LogP contribution in [0.15, 0.2) is 190 Å². The highest BCUT2D eigenvalue weighted by molar-refractivity contribution is 7.79. The molecule has 0 spiro atoms. The van der Waals surface area contributed by atoms with Crippen molar-refractivity contribution < 1.29 is 27.1 Å². The van der Waals surface area contributed by atoms with Crippen LogP contribution in [0.2, 0.25) is 0 Å². The molecule has 5 aromatic carbocycles. The van der Waals surface area contributed by atoms with Gasteiger partial charge in [-0.1, -0.05) is 105 Å². The number of nitrogens with zero attached hydrogens (tertiary/aromatic N) is 4. The van der Waals surface area contributed by atoms with Crippen LogP contribution in [0.1, 0.15) is 0 Å². The van der Waals surface area contributed by atoms with E-state index in [9.17, 15) is 0 Å². The number of rotatable bonds is 12. The third kappa shape index (κ3) is 7.81. The number of hydrogen-bond donors (Lipinski definition) is 0. The minimum absolute atomic E-state index is 0.402. The number of pyridine rings is 1. The first-order chi connectivity index (χ1) is 23.6. The third-order valence-corrected chi connectivity index (χ3v) is 14.5. The van der Waals surface area contributed by atoms with E-state index in [1.165, 1.54) is 0 Å². The maximum atomic E-state index is 6.73. The maximum Gasteiger partial charge on any atom is 0.460 e. The number of benzene rings is 5. The molecule has 6 aromatic rings. The largest absolute Gasteiger partial charge is 0.460 e. The highest BCUT2D eigenvalue weighted by atomic mass is 31.3. The van der Waals surface area contributed by atoms with Gasteiger partial charge in [0.05, 0.1) is 0 Å². The third-order valence-electron chi connectivity index (χ3n) is 6.39. The monoisotopic (exact) mass is 694 g/mol. The van der Waals surface area contributed by atoms with E-state index < -0.39 is 23.0 Å². The summed E-state index contributed by atoms with van der Waals surface area (Å²) in [6.07, 6.45) is 3.21. The molecule has 1 aromatic heterocycles. The predicted octanol–water partition coefficient (Wildman–Crippen LogP) is 11.7. The highest BCUT2D eigenvalue weighted by Gasteiger charge is 2.48. The van der Waals surface area contributed by atoms with Crippen molar-refractivity contribution in [3.8, 4) is 34.5 Å². The Kier molecular flexibility index (Phi) is 9.30. The maximum absolute atomic E-state index is 6.73. The molecule has 48 heavy (non-hydrogen) atoms. The summed E-state index contributed by atoms with van der Waals surface area (Å²) in [4.78, 5) is 4.15. The van der Waals surface area contributed by atoms with E-state index in [4.69, 9.17) is 40.7 Å². The van der Waals surface area contributed by atoms with Gasteiger partial charge in [0.2, 0.25) is 0 Å². The van der Waals surface area contributed by atoms with Crippen molar-refractivity contribution in [3.05, 3.63) is 176 Å². The van der Waals surface area contributed by atoms with E-state index in [1.54, 1.807) is 85.2 Å². The zero-order valence-electron chi connectivity index (χ0n) is 25.3. The van der Waals surface area contributed by atoms with E-state index in [0.29, 0.717) is 34.5 Å². The molecule has 1 atom stereocenters. The molecule has 0 N–H and O–H groups in total. The highest BCUT2D eigenvalue weighted by Crippen LogP contribution is 2.78. The molecule has 0 fully saturated rings. The van der Waals surface area contributed by atoms with Crippen LogP contribution in [-0.2, 0) is 0 Å². The summed E-state index contributed by atoms with van der Waals surface area (Å²) < 4.78 is 55.8. The van der Waals surface area contributed by atoms with Gasteiger partial charge in [-0.3, -0.25) is 4.98 Å². The van der Waals surface area contributed by atoms with Gasteiger partial charge in [0.15, 0.2) is 0 Å². The van der Waals surface area contributed by atoms with Crippen molar-refractivity contribution in [1.82, 2.24) is 4.98 Å². The number of hydrogen-bond acceptors (Lipinski definition) is 10. The Morgan fingerprint density at radius 1 is 0.271 bits per heavy atom. The fourth-order valence-corrected chi connectivity index (χ4v) is 13.5.